The van der Waals surface area contributed by atoms with Gasteiger partial charge in [0, 0.05) is 12.0 Å². The molecular weight excluding hydrogens is 310 g/mol. The van der Waals surface area contributed by atoms with E-state index in [1.54, 1.807) is 11.3 Å². The van der Waals surface area contributed by atoms with Crippen molar-refractivity contribution in [3.05, 3.63) is 51.1 Å². The minimum Gasteiger partial charge on any atom is -0.484 e. The number of ether oxygens (including phenoxy) is 1. The molecule has 0 radical (unpaired) electrons. The molecule has 1 aromatic carbocycles. The summed E-state index contributed by atoms with van der Waals surface area (Å²) in [7, 11) is 1.96. The Morgan fingerprint density at radius 1 is 1.33 bits per heavy atom. The van der Waals surface area contributed by atoms with Crippen molar-refractivity contribution in [1.29, 1.82) is 0 Å². The average Bonchev–Trinajstić information content (AvgIpc) is 2.90. The molecule has 2 nitrogen and oxygen atoms in total. The largest absolute Gasteiger partial charge is 0.484 e. The topological polar surface area (TPSA) is 21.3 Å². The van der Waals surface area contributed by atoms with Crippen LogP contribution in [0.25, 0.3) is 0 Å². The summed E-state index contributed by atoms with van der Waals surface area (Å²) in [4.78, 5) is 0. The molecule has 1 unspecified atom stereocenters. The van der Waals surface area contributed by atoms with Gasteiger partial charge < -0.3 is 10.1 Å². The van der Waals surface area contributed by atoms with Crippen LogP contribution >= 0.6 is 27.3 Å². The van der Waals surface area contributed by atoms with Crippen molar-refractivity contribution in [2.75, 3.05) is 13.6 Å². The first-order chi connectivity index (χ1) is 8.81. The molecule has 2 rings (SSSR count). The Bertz CT molecular complexity index is 472. The maximum absolute atomic E-state index is 6.11. The normalized spacial score (nSPS) is 12.3. The fourth-order valence-corrected chi connectivity index (χ4v) is 2.80. The molecule has 0 aliphatic carbocycles. The van der Waals surface area contributed by atoms with Gasteiger partial charge in [-0.1, -0.05) is 12.1 Å². The number of benzene rings is 1. The molecule has 0 aliphatic heterocycles. The third kappa shape index (κ3) is 3.57. The summed E-state index contributed by atoms with van der Waals surface area (Å²) in [6, 6.07) is 10.1. The summed E-state index contributed by atoms with van der Waals surface area (Å²) >= 11 is 5.22. The third-order valence-electron chi connectivity index (χ3n) is 2.68. The molecule has 0 spiro atoms. The van der Waals surface area contributed by atoms with Gasteiger partial charge in [0.25, 0.3) is 0 Å². The maximum Gasteiger partial charge on any atom is 0.134 e. The molecule has 0 fully saturated rings. The van der Waals surface area contributed by atoms with Gasteiger partial charge in [-0.3, -0.25) is 0 Å². The number of halogens is 1. The van der Waals surface area contributed by atoms with Gasteiger partial charge in [0.2, 0.25) is 0 Å². The molecule has 18 heavy (non-hydrogen) atoms. The van der Waals surface area contributed by atoms with Crippen LogP contribution in [0.4, 0.5) is 0 Å². The third-order valence-corrected chi connectivity index (χ3v) is 4.03. The van der Waals surface area contributed by atoms with Crippen molar-refractivity contribution in [3.63, 3.8) is 0 Å². The molecule has 96 valence electrons. The molecule has 1 atom stereocenters. The second-order valence-corrected chi connectivity index (χ2v) is 5.62. The second kappa shape index (κ2) is 6.92. The SMILES string of the molecule is CNCCC(Oc1ccccc1Br)c1ccsc1. The summed E-state index contributed by atoms with van der Waals surface area (Å²) in [5.41, 5.74) is 1.24. The van der Waals surface area contributed by atoms with Crippen molar-refractivity contribution in [2.45, 2.75) is 12.5 Å². The first-order valence-electron chi connectivity index (χ1n) is 5.89. The Labute approximate surface area is 120 Å². The molecule has 1 heterocycles. The van der Waals surface area contributed by atoms with Crippen molar-refractivity contribution in [2.24, 2.45) is 0 Å². The van der Waals surface area contributed by atoms with Gasteiger partial charge in [0.05, 0.1) is 4.47 Å². The van der Waals surface area contributed by atoms with Crippen LogP contribution in [0.15, 0.2) is 45.6 Å². The molecule has 0 saturated heterocycles. The molecular formula is C14H16BrNOS. The predicted octanol–water partition coefficient (Wildman–Crippen LogP) is 4.24. The quantitative estimate of drug-likeness (QED) is 0.857. The van der Waals surface area contributed by atoms with Crippen molar-refractivity contribution >= 4 is 27.3 Å². The van der Waals surface area contributed by atoms with E-state index < -0.39 is 0 Å². The fourth-order valence-electron chi connectivity index (χ4n) is 1.72. The lowest BCUT2D eigenvalue weighted by molar-refractivity contribution is 0.194. The smallest absolute Gasteiger partial charge is 0.134 e. The average molecular weight is 326 g/mol. The molecule has 0 bridgehead atoms. The second-order valence-electron chi connectivity index (χ2n) is 3.99. The van der Waals surface area contributed by atoms with E-state index in [4.69, 9.17) is 4.74 Å². The van der Waals surface area contributed by atoms with Gasteiger partial charge in [-0.25, -0.2) is 0 Å². The standard InChI is InChI=1S/C14H16BrNOS/c1-16-8-6-13(11-7-9-18-10-11)17-14-5-3-2-4-12(14)15/h2-5,7,9-10,13,16H,6,8H2,1H3. The van der Waals surface area contributed by atoms with Gasteiger partial charge in [-0.05, 0) is 58.5 Å². The van der Waals surface area contributed by atoms with Crippen molar-refractivity contribution in [1.82, 2.24) is 5.32 Å². The van der Waals surface area contributed by atoms with Crippen LogP contribution in [0.1, 0.15) is 18.1 Å². The summed E-state index contributed by atoms with van der Waals surface area (Å²) in [6.07, 6.45) is 1.05. The molecule has 2 aromatic rings. The van der Waals surface area contributed by atoms with Gasteiger partial charge in [-0.2, -0.15) is 11.3 Å². The summed E-state index contributed by atoms with van der Waals surface area (Å²) < 4.78 is 7.11. The van der Waals surface area contributed by atoms with Crippen LogP contribution < -0.4 is 10.1 Å². The highest BCUT2D eigenvalue weighted by Crippen LogP contribution is 2.31. The van der Waals surface area contributed by atoms with E-state index in [9.17, 15) is 0 Å². The Morgan fingerprint density at radius 2 is 2.17 bits per heavy atom. The predicted molar refractivity (Wildman–Crippen MR) is 80.4 cm³/mol. The van der Waals surface area contributed by atoms with E-state index in [0.29, 0.717) is 0 Å². The van der Waals surface area contributed by atoms with Crippen molar-refractivity contribution in [3.8, 4) is 5.75 Å². The van der Waals surface area contributed by atoms with E-state index in [2.05, 4.69) is 38.1 Å². The highest BCUT2D eigenvalue weighted by molar-refractivity contribution is 9.10. The lowest BCUT2D eigenvalue weighted by atomic mass is 10.1. The van der Waals surface area contributed by atoms with E-state index in [-0.39, 0.29) is 6.10 Å². The lowest BCUT2D eigenvalue weighted by Gasteiger charge is -2.19. The first kappa shape index (κ1) is 13.6. The fraction of sp³-hybridized carbons (Fsp3) is 0.286. The highest BCUT2D eigenvalue weighted by atomic mass is 79.9. The van der Waals surface area contributed by atoms with Crippen LogP contribution in [0.3, 0.4) is 0 Å². The maximum atomic E-state index is 6.11. The van der Waals surface area contributed by atoms with E-state index in [1.807, 2.05) is 31.3 Å². The minimum atomic E-state index is 0.0994. The zero-order valence-electron chi connectivity index (χ0n) is 10.2. The molecule has 1 N–H and O–H groups in total. The number of rotatable bonds is 6. The number of thiophene rings is 1. The first-order valence-corrected chi connectivity index (χ1v) is 7.62. The Balaban J connectivity index is 2.13. The Kier molecular flexibility index (Phi) is 5.23. The molecule has 4 heteroatoms. The molecule has 0 saturated carbocycles. The van der Waals surface area contributed by atoms with Crippen LogP contribution in [0.2, 0.25) is 0 Å². The summed E-state index contributed by atoms with van der Waals surface area (Å²) in [6.45, 7) is 0.935. The number of hydrogen-bond donors (Lipinski definition) is 1. The zero-order chi connectivity index (χ0) is 12.8. The number of para-hydroxylation sites is 1. The number of hydrogen-bond acceptors (Lipinski definition) is 3. The van der Waals surface area contributed by atoms with E-state index in [1.165, 1.54) is 5.56 Å². The Morgan fingerprint density at radius 3 is 2.83 bits per heavy atom. The Hall–Kier alpha value is -0.840. The van der Waals surface area contributed by atoms with E-state index >= 15 is 0 Å². The number of nitrogens with one attached hydrogen (secondary N) is 1. The minimum absolute atomic E-state index is 0.0994. The zero-order valence-corrected chi connectivity index (χ0v) is 12.6. The lowest BCUT2D eigenvalue weighted by Crippen LogP contribution is -2.16. The van der Waals surface area contributed by atoms with Gasteiger partial charge in [0.15, 0.2) is 0 Å². The molecule has 0 amide bonds. The monoisotopic (exact) mass is 325 g/mol. The molecule has 1 aromatic heterocycles. The van der Waals surface area contributed by atoms with Crippen LogP contribution in [-0.2, 0) is 0 Å². The van der Waals surface area contributed by atoms with Gasteiger partial charge in [0.1, 0.15) is 11.9 Å². The van der Waals surface area contributed by atoms with Crippen LogP contribution in [0.5, 0.6) is 5.75 Å². The summed E-state index contributed by atoms with van der Waals surface area (Å²) in [5.74, 6) is 0.893. The van der Waals surface area contributed by atoms with E-state index in [0.717, 1.165) is 23.2 Å². The molecule has 0 aliphatic rings. The van der Waals surface area contributed by atoms with Gasteiger partial charge in [-0.15, -0.1) is 0 Å². The summed E-state index contributed by atoms with van der Waals surface area (Å²) in [5, 5.41) is 7.41. The van der Waals surface area contributed by atoms with Crippen LogP contribution in [-0.4, -0.2) is 13.6 Å². The van der Waals surface area contributed by atoms with Crippen molar-refractivity contribution < 1.29 is 4.74 Å². The van der Waals surface area contributed by atoms with Gasteiger partial charge >= 0.3 is 0 Å². The highest BCUT2D eigenvalue weighted by Gasteiger charge is 2.14. The van der Waals surface area contributed by atoms with Crippen LogP contribution in [0, 0.1) is 0 Å².